The summed E-state index contributed by atoms with van der Waals surface area (Å²) in [5.41, 5.74) is 1.16. The van der Waals surface area contributed by atoms with Crippen LogP contribution in [0, 0.1) is 5.92 Å². The summed E-state index contributed by atoms with van der Waals surface area (Å²) in [6, 6.07) is 1.97. The van der Waals surface area contributed by atoms with E-state index >= 15 is 0 Å². The minimum absolute atomic E-state index is 0.0376. The smallest absolute Gasteiger partial charge is 0.310 e. The van der Waals surface area contributed by atoms with Crippen molar-refractivity contribution in [2.45, 2.75) is 26.3 Å². The van der Waals surface area contributed by atoms with Gasteiger partial charge in [0, 0.05) is 18.7 Å². The molecular weight excluding hydrogens is 218 g/mol. The number of likely N-dealkylation sites (tertiary alicyclic amines) is 1. The second-order valence-electron chi connectivity index (χ2n) is 4.46. The van der Waals surface area contributed by atoms with Crippen LogP contribution in [0.5, 0.6) is 0 Å². The molecule has 0 radical (unpaired) electrons. The van der Waals surface area contributed by atoms with Crippen molar-refractivity contribution >= 4 is 5.97 Å². The van der Waals surface area contributed by atoms with E-state index < -0.39 is 0 Å². The summed E-state index contributed by atoms with van der Waals surface area (Å²) < 4.78 is 10.1. The van der Waals surface area contributed by atoms with Crippen LogP contribution in [0.2, 0.25) is 0 Å². The van der Waals surface area contributed by atoms with Crippen molar-refractivity contribution in [3.8, 4) is 0 Å². The van der Waals surface area contributed by atoms with E-state index in [0.717, 1.165) is 38.0 Å². The van der Waals surface area contributed by atoms with E-state index in [1.165, 1.54) is 0 Å². The Balaban J connectivity index is 1.86. The van der Waals surface area contributed by atoms with Crippen LogP contribution in [-0.4, -0.2) is 30.6 Å². The summed E-state index contributed by atoms with van der Waals surface area (Å²) in [7, 11) is 0. The summed E-state index contributed by atoms with van der Waals surface area (Å²) in [4.78, 5) is 14.0. The van der Waals surface area contributed by atoms with Crippen molar-refractivity contribution in [3.63, 3.8) is 0 Å². The lowest BCUT2D eigenvalue weighted by Gasteiger charge is -2.31. The van der Waals surface area contributed by atoms with E-state index in [9.17, 15) is 4.79 Å². The Morgan fingerprint density at radius 1 is 1.65 bits per heavy atom. The molecule has 1 aromatic heterocycles. The molecule has 1 aliphatic rings. The summed E-state index contributed by atoms with van der Waals surface area (Å²) in [6.45, 7) is 5.01. The molecule has 0 amide bonds. The largest absolute Gasteiger partial charge is 0.472 e. The summed E-state index contributed by atoms with van der Waals surface area (Å²) in [5.74, 6) is -0.0139. The molecule has 1 unspecified atom stereocenters. The Labute approximate surface area is 102 Å². The van der Waals surface area contributed by atoms with Gasteiger partial charge in [0.15, 0.2) is 0 Å². The molecule has 4 heteroatoms. The molecule has 0 N–H and O–H groups in total. The van der Waals surface area contributed by atoms with Gasteiger partial charge in [0.25, 0.3) is 0 Å². The molecule has 0 aromatic carbocycles. The van der Waals surface area contributed by atoms with Gasteiger partial charge in [-0.2, -0.15) is 0 Å². The Bertz CT molecular complexity index is 348. The second kappa shape index (κ2) is 5.87. The normalized spacial score (nSPS) is 21.4. The van der Waals surface area contributed by atoms with Crippen LogP contribution in [-0.2, 0) is 16.1 Å². The quantitative estimate of drug-likeness (QED) is 0.752. The van der Waals surface area contributed by atoms with Gasteiger partial charge in [-0.3, -0.25) is 9.69 Å². The van der Waals surface area contributed by atoms with Crippen molar-refractivity contribution in [1.82, 2.24) is 4.90 Å². The number of ether oxygens (including phenoxy) is 1. The Hall–Kier alpha value is -1.29. The highest BCUT2D eigenvalue weighted by Gasteiger charge is 2.26. The number of carbonyl (C=O) groups excluding carboxylic acids is 1. The van der Waals surface area contributed by atoms with E-state index in [1.807, 2.05) is 13.0 Å². The van der Waals surface area contributed by atoms with E-state index in [4.69, 9.17) is 9.15 Å². The first-order valence-corrected chi connectivity index (χ1v) is 6.19. The topological polar surface area (TPSA) is 42.7 Å². The zero-order chi connectivity index (χ0) is 12.1. The zero-order valence-corrected chi connectivity index (χ0v) is 10.2. The number of esters is 1. The number of nitrogens with zero attached hydrogens (tertiary/aromatic N) is 1. The number of furan rings is 1. The third-order valence-electron chi connectivity index (χ3n) is 3.11. The maximum absolute atomic E-state index is 11.7. The van der Waals surface area contributed by atoms with Crippen molar-refractivity contribution < 1.29 is 13.9 Å². The number of piperidine rings is 1. The lowest BCUT2D eigenvalue weighted by atomic mass is 9.98. The van der Waals surface area contributed by atoms with E-state index in [1.54, 1.807) is 12.5 Å². The minimum Gasteiger partial charge on any atom is -0.472 e. The van der Waals surface area contributed by atoms with Gasteiger partial charge in [-0.1, -0.05) is 0 Å². The van der Waals surface area contributed by atoms with E-state index in [0.29, 0.717) is 6.61 Å². The van der Waals surface area contributed by atoms with Crippen LogP contribution in [0.25, 0.3) is 0 Å². The highest BCUT2D eigenvalue weighted by Crippen LogP contribution is 2.19. The number of rotatable bonds is 4. The Morgan fingerprint density at radius 2 is 2.53 bits per heavy atom. The molecule has 0 saturated carbocycles. The second-order valence-corrected chi connectivity index (χ2v) is 4.46. The first kappa shape index (κ1) is 12.2. The molecule has 0 aliphatic carbocycles. The first-order chi connectivity index (χ1) is 8.29. The summed E-state index contributed by atoms with van der Waals surface area (Å²) in [5, 5.41) is 0. The molecule has 2 heterocycles. The fraction of sp³-hybridized carbons (Fsp3) is 0.615. The fourth-order valence-electron chi connectivity index (χ4n) is 2.29. The van der Waals surface area contributed by atoms with Gasteiger partial charge in [-0.25, -0.2) is 0 Å². The average Bonchev–Trinajstić information content (AvgIpc) is 2.82. The minimum atomic E-state index is -0.0515. The number of hydrogen-bond donors (Lipinski definition) is 0. The van der Waals surface area contributed by atoms with E-state index in [-0.39, 0.29) is 11.9 Å². The van der Waals surface area contributed by atoms with Crippen LogP contribution in [0.15, 0.2) is 23.0 Å². The van der Waals surface area contributed by atoms with Crippen LogP contribution in [0.4, 0.5) is 0 Å². The van der Waals surface area contributed by atoms with Crippen LogP contribution in [0.1, 0.15) is 25.3 Å². The molecular formula is C13H19NO3. The van der Waals surface area contributed by atoms with Gasteiger partial charge < -0.3 is 9.15 Å². The molecule has 0 spiro atoms. The molecule has 1 saturated heterocycles. The highest BCUT2D eigenvalue weighted by molar-refractivity contribution is 5.72. The molecule has 2 rings (SSSR count). The molecule has 1 fully saturated rings. The SMILES string of the molecule is CCOC(=O)C1CCCN(Cc2ccoc2)C1. The molecule has 94 valence electrons. The Kier molecular flexibility index (Phi) is 4.20. The predicted molar refractivity (Wildman–Crippen MR) is 63.3 cm³/mol. The summed E-state index contributed by atoms with van der Waals surface area (Å²) >= 11 is 0. The third kappa shape index (κ3) is 3.33. The van der Waals surface area contributed by atoms with Crippen LogP contribution in [0.3, 0.4) is 0 Å². The average molecular weight is 237 g/mol. The van der Waals surface area contributed by atoms with E-state index in [2.05, 4.69) is 4.90 Å². The number of hydrogen-bond acceptors (Lipinski definition) is 4. The maximum Gasteiger partial charge on any atom is 0.310 e. The lowest BCUT2D eigenvalue weighted by molar-refractivity contribution is -0.150. The van der Waals surface area contributed by atoms with Crippen molar-refractivity contribution in [2.75, 3.05) is 19.7 Å². The van der Waals surface area contributed by atoms with Gasteiger partial charge in [-0.15, -0.1) is 0 Å². The Morgan fingerprint density at radius 3 is 3.24 bits per heavy atom. The van der Waals surface area contributed by atoms with Crippen LogP contribution < -0.4 is 0 Å². The monoisotopic (exact) mass is 237 g/mol. The molecule has 1 aliphatic heterocycles. The first-order valence-electron chi connectivity index (χ1n) is 6.19. The molecule has 4 nitrogen and oxygen atoms in total. The van der Waals surface area contributed by atoms with Gasteiger partial charge >= 0.3 is 5.97 Å². The third-order valence-corrected chi connectivity index (χ3v) is 3.11. The standard InChI is InChI=1S/C13H19NO3/c1-2-17-13(15)12-4-3-6-14(9-12)8-11-5-7-16-10-11/h5,7,10,12H,2-4,6,8-9H2,1H3. The van der Waals surface area contributed by atoms with Gasteiger partial charge in [0.2, 0.25) is 0 Å². The van der Waals surface area contributed by atoms with Crippen molar-refractivity contribution in [3.05, 3.63) is 24.2 Å². The molecule has 1 aromatic rings. The zero-order valence-electron chi connectivity index (χ0n) is 10.2. The number of carbonyl (C=O) groups is 1. The molecule has 17 heavy (non-hydrogen) atoms. The van der Waals surface area contributed by atoms with Gasteiger partial charge in [-0.05, 0) is 32.4 Å². The maximum atomic E-state index is 11.7. The lowest BCUT2D eigenvalue weighted by Crippen LogP contribution is -2.38. The fourth-order valence-corrected chi connectivity index (χ4v) is 2.29. The van der Waals surface area contributed by atoms with Crippen molar-refractivity contribution in [1.29, 1.82) is 0 Å². The highest BCUT2D eigenvalue weighted by atomic mass is 16.5. The summed E-state index contributed by atoms with van der Waals surface area (Å²) in [6.07, 6.45) is 5.44. The van der Waals surface area contributed by atoms with Crippen LogP contribution >= 0.6 is 0 Å². The molecule has 1 atom stereocenters. The van der Waals surface area contributed by atoms with Crippen molar-refractivity contribution in [2.24, 2.45) is 5.92 Å². The van der Waals surface area contributed by atoms with Gasteiger partial charge in [0.05, 0.1) is 25.1 Å². The van der Waals surface area contributed by atoms with Gasteiger partial charge in [0.1, 0.15) is 0 Å². The molecule has 0 bridgehead atoms. The predicted octanol–water partition coefficient (Wildman–Crippen LogP) is 2.05.